The lowest BCUT2D eigenvalue weighted by molar-refractivity contribution is -0.116. The van der Waals surface area contributed by atoms with Gasteiger partial charge >= 0.3 is 0 Å². The van der Waals surface area contributed by atoms with Crippen LogP contribution >= 0.6 is 15.9 Å². The maximum absolute atomic E-state index is 11.8. The first-order valence-electron chi connectivity index (χ1n) is 6.04. The van der Waals surface area contributed by atoms with Crippen LogP contribution in [-0.2, 0) is 4.79 Å². The molecule has 0 spiro atoms. The van der Waals surface area contributed by atoms with E-state index in [9.17, 15) is 4.79 Å². The first-order valence-corrected chi connectivity index (χ1v) is 6.83. The molecule has 0 bridgehead atoms. The van der Waals surface area contributed by atoms with Gasteiger partial charge in [-0.1, -0.05) is 13.8 Å². The number of carbonyl (C=O) groups excluding carboxylic acids is 1. The average molecular weight is 314 g/mol. The quantitative estimate of drug-likeness (QED) is 0.848. The van der Waals surface area contributed by atoms with Crippen molar-refractivity contribution in [1.82, 2.24) is 4.98 Å². The summed E-state index contributed by atoms with van der Waals surface area (Å²) < 4.78 is 0.791. The molecule has 1 aromatic heterocycles. The Morgan fingerprint density at radius 2 is 2.22 bits per heavy atom. The van der Waals surface area contributed by atoms with Gasteiger partial charge in [0.05, 0.1) is 10.2 Å². The van der Waals surface area contributed by atoms with E-state index >= 15 is 0 Å². The number of anilines is 1. The summed E-state index contributed by atoms with van der Waals surface area (Å²) in [5.41, 5.74) is 6.42. The summed E-state index contributed by atoms with van der Waals surface area (Å²) in [5.74, 6) is 0.0204. The molecular weight excluding hydrogens is 294 g/mol. The molecule has 18 heavy (non-hydrogen) atoms. The molecule has 4 nitrogen and oxygen atoms in total. The molecule has 0 aliphatic carbocycles. The third-order valence-electron chi connectivity index (χ3n) is 2.90. The Kier molecular flexibility index (Phi) is 5.75. The molecule has 1 aromatic rings. The number of nitrogens with zero attached hydrogens (tertiary/aromatic N) is 1. The fraction of sp³-hybridized carbons (Fsp3) is 0.538. The smallest absolute Gasteiger partial charge is 0.224 e. The van der Waals surface area contributed by atoms with Crippen LogP contribution in [0.5, 0.6) is 0 Å². The van der Waals surface area contributed by atoms with Crippen molar-refractivity contribution < 1.29 is 4.79 Å². The molecule has 0 aromatic carbocycles. The van der Waals surface area contributed by atoms with Crippen LogP contribution < -0.4 is 11.1 Å². The fourth-order valence-corrected chi connectivity index (χ4v) is 2.01. The molecule has 0 radical (unpaired) electrons. The van der Waals surface area contributed by atoms with Crippen molar-refractivity contribution >= 4 is 27.5 Å². The van der Waals surface area contributed by atoms with Crippen LogP contribution in [0.15, 0.2) is 22.9 Å². The highest BCUT2D eigenvalue weighted by molar-refractivity contribution is 9.10. The van der Waals surface area contributed by atoms with E-state index in [1.165, 1.54) is 0 Å². The number of rotatable bonds is 6. The Hall–Kier alpha value is -0.940. The number of hydrogen-bond acceptors (Lipinski definition) is 3. The average Bonchev–Trinajstić information content (AvgIpc) is 2.30. The SMILES string of the molecule is CC(C)(CCN)CCC(=O)Nc1ccncc1Br. The van der Waals surface area contributed by atoms with E-state index in [0.29, 0.717) is 13.0 Å². The van der Waals surface area contributed by atoms with Crippen LogP contribution in [0.25, 0.3) is 0 Å². The maximum Gasteiger partial charge on any atom is 0.224 e. The summed E-state index contributed by atoms with van der Waals surface area (Å²) >= 11 is 3.35. The number of carbonyl (C=O) groups is 1. The van der Waals surface area contributed by atoms with E-state index in [-0.39, 0.29) is 11.3 Å². The molecule has 1 amide bonds. The lowest BCUT2D eigenvalue weighted by atomic mass is 9.84. The van der Waals surface area contributed by atoms with Crippen molar-refractivity contribution in [1.29, 1.82) is 0 Å². The van der Waals surface area contributed by atoms with Crippen molar-refractivity contribution in [3.8, 4) is 0 Å². The second-order valence-electron chi connectivity index (χ2n) is 5.11. The van der Waals surface area contributed by atoms with E-state index in [1.54, 1.807) is 18.5 Å². The second-order valence-corrected chi connectivity index (χ2v) is 5.96. The molecule has 1 heterocycles. The first-order chi connectivity index (χ1) is 8.44. The summed E-state index contributed by atoms with van der Waals surface area (Å²) in [6.07, 6.45) is 5.58. The van der Waals surface area contributed by atoms with E-state index < -0.39 is 0 Å². The third-order valence-corrected chi connectivity index (χ3v) is 3.53. The fourth-order valence-electron chi connectivity index (χ4n) is 1.66. The highest BCUT2D eigenvalue weighted by Gasteiger charge is 2.18. The number of halogens is 1. The zero-order valence-electron chi connectivity index (χ0n) is 10.9. The van der Waals surface area contributed by atoms with Gasteiger partial charge < -0.3 is 11.1 Å². The number of nitrogens with one attached hydrogen (secondary N) is 1. The zero-order valence-corrected chi connectivity index (χ0v) is 12.5. The van der Waals surface area contributed by atoms with Gasteiger partial charge in [-0.25, -0.2) is 0 Å². The van der Waals surface area contributed by atoms with Crippen LogP contribution in [0.4, 0.5) is 5.69 Å². The Morgan fingerprint density at radius 3 is 2.83 bits per heavy atom. The van der Waals surface area contributed by atoms with Gasteiger partial charge in [0.15, 0.2) is 0 Å². The van der Waals surface area contributed by atoms with Gasteiger partial charge in [-0.2, -0.15) is 0 Å². The van der Waals surface area contributed by atoms with Crippen molar-refractivity contribution in [3.05, 3.63) is 22.9 Å². The van der Waals surface area contributed by atoms with E-state index in [2.05, 4.69) is 40.1 Å². The van der Waals surface area contributed by atoms with Gasteiger partial charge in [-0.15, -0.1) is 0 Å². The van der Waals surface area contributed by atoms with E-state index in [0.717, 1.165) is 23.0 Å². The Bertz CT molecular complexity index is 407. The minimum absolute atomic E-state index is 0.0204. The largest absolute Gasteiger partial charge is 0.330 e. The molecule has 1 rings (SSSR count). The topological polar surface area (TPSA) is 68.0 Å². The van der Waals surface area contributed by atoms with Crippen molar-refractivity contribution in [2.45, 2.75) is 33.1 Å². The summed E-state index contributed by atoms with van der Waals surface area (Å²) in [6.45, 7) is 4.93. The summed E-state index contributed by atoms with van der Waals surface area (Å²) in [5, 5.41) is 2.87. The van der Waals surface area contributed by atoms with Crippen LogP contribution in [0.1, 0.15) is 33.1 Å². The van der Waals surface area contributed by atoms with Gasteiger partial charge in [0.1, 0.15) is 0 Å². The highest BCUT2D eigenvalue weighted by Crippen LogP contribution is 2.26. The number of pyridine rings is 1. The lowest BCUT2D eigenvalue weighted by Gasteiger charge is -2.23. The number of amides is 1. The van der Waals surface area contributed by atoms with Crippen molar-refractivity contribution in [3.63, 3.8) is 0 Å². The molecule has 3 N–H and O–H groups in total. The molecule has 0 unspecified atom stereocenters. The number of aromatic nitrogens is 1. The van der Waals surface area contributed by atoms with Gasteiger partial charge in [0, 0.05) is 18.8 Å². The standard InChI is InChI=1S/C13H20BrN3O/c1-13(2,6-7-15)5-3-12(18)17-11-4-8-16-9-10(11)14/h4,8-9H,3,5-7,15H2,1-2H3,(H,16,17,18). The maximum atomic E-state index is 11.8. The molecule has 0 saturated carbocycles. The Morgan fingerprint density at radius 1 is 1.50 bits per heavy atom. The predicted octanol–water partition coefficient (Wildman–Crippen LogP) is 2.94. The zero-order chi connectivity index (χ0) is 13.6. The van der Waals surface area contributed by atoms with Gasteiger partial charge in [0.25, 0.3) is 0 Å². The predicted molar refractivity (Wildman–Crippen MR) is 77.3 cm³/mol. The molecule has 100 valence electrons. The minimum atomic E-state index is 0.0204. The van der Waals surface area contributed by atoms with Crippen LogP contribution in [0.2, 0.25) is 0 Å². The third kappa shape index (κ3) is 5.14. The molecule has 0 atom stereocenters. The van der Waals surface area contributed by atoms with Crippen LogP contribution in [-0.4, -0.2) is 17.4 Å². The first kappa shape index (κ1) is 15.1. The second kappa shape index (κ2) is 6.85. The number of nitrogens with two attached hydrogens (primary N) is 1. The summed E-state index contributed by atoms with van der Waals surface area (Å²) in [6, 6.07) is 1.77. The monoisotopic (exact) mass is 313 g/mol. The van der Waals surface area contributed by atoms with Crippen LogP contribution in [0.3, 0.4) is 0 Å². The number of hydrogen-bond donors (Lipinski definition) is 2. The molecular formula is C13H20BrN3O. The van der Waals surface area contributed by atoms with E-state index in [1.807, 2.05) is 0 Å². The van der Waals surface area contributed by atoms with Crippen molar-refractivity contribution in [2.24, 2.45) is 11.1 Å². The lowest BCUT2D eigenvalue weighted by Crippen LogP contribution is -2.20. The van der Waals surface area contributed by atoms with Crippen LogP contribution in [0, 0.1) is 5.41 Å². The van der Waals surface area contributed by atoms with Gasteiger partial charge in [-0.3, -0.25) is 9.78 Å². The Labute approximate surface area is 116 Å². The molecule has 0 fully saturated rings. The normalized spacial score (nSPS) is 11.3. The molecule has 0 saturated heterocycles. The minimum Gasteiger partial charge on any atom is -0.330 e. The summed E-state index contributed by atoms with van der Waals surface area (Å²) in [7, 11) is 0. The van der Waals surface area contributed by atoms with E-state index in [4.69, 9.17) is 5.73 Å². The van der Waals surface area contributed by atoms with Gasteiger partial charge in [-0.05, 0) is 46.8 Å². The van der Waals surface area contributed by atoms with Gasteiger partial charge in [0.2, 0.25) is 5.91 Å². The molecule has 0 aliphatic rings. The summed E-state index contributed by atoms with van der Waals surface area (Å²) in [4.78, 5) is 15.8. The molecule has 5 heteroatoms. The molecule has 0 aliphatic heterocycles. The van der Waals surface area contributed by atoms with Crippen molar-refractivity contribution in [2.75, 3.05) is 11.9 Å². The highest BCUT2D eigenvalue weighted by atomic mass is 79.9. The Balaban J connectivity index is 2.46.